The molecule has 1 saturated heterocycles. The van der Waals surface area contributed by atoms with Crippen LogP contribution in [0.1, 0.15) is 50.3 Å². The van der Waals surface area contributed by atoms with E-state index in [-0.39, 0.29) is 17.2 Å². The summed E-state index contributed by atoms with van der Waals surface area (Å²) in [4.78, 5) is 27.4. The lowest BCUT2D eigenvalue weighted by atomic mass is 9.84. The first kappa shape index (κ1) is 20.4. The van der Waals surface area contributed by atoms with E-state index in [1.807, 2.05) is 54.6 Å². The average Bonchev–Trinajstić information content (AvgIpc) is 2.69. The van der Waals surface area contributed by atoms with E-state index in [1.165, 1.54) is 0 Å². The number of benzene rings is 2. The van der Waals surface area contributed by atoms with Crippen molar-refractivity contribution in [1.82, 2.24) is 10.2 Å². The van der Waals surface area contributed by atoms with Crippen LogP contribution in [0.3, 0.4) is 0 Å². The maximum Gasteiger partial charge on any atom is 0.247 e. The van der Waals surface area contributed by atoms with Crippen LogP contribution in [0.15, 0.2) is 54.6 Å². The standard InChI is InChI=1S/C23H27ClN2O2/c1-23(2,18-11-13-19(24)14-12-18)16-25-22(28)21(17-8-4-3-5-9-17)26-15-7-6-10-20(26)27/h3-5,8-9,11-14,21H,6-7,10,15-16H2,1-2H3,(H,25,28). The minimum Gasteiger partial charge on any atom is -0.353 e. The van der Waals surface area contributed by atoms with Crippen molar-refractivity contribution in [3.63, 3.8) is 0 Å². The van der Waals surface area contributed by atoms with Gasteiger partial charge in [0, 0.05) is 29.9 Å². The molecule has 148 valence electrons. The molecule has 0 radical (unpaired) electrons. The number of carbonyl (C=O) groups is 2. The molecule has 1 aliphatic rings. The molecule has 1 heterocycles. The first-order valence-corrected chi connectivity index (χ1v) is 10.1. The van der Waals surface area contributed by atoms with E-state index in [1.54, 1.807) is 4.90 Å². The number of nitrogens with zero attached hydrogens (tertiary/aromatic N) is 1. The summed E-state index contributed by atoms with van der Waals surface area (Å²) in [6, 6.07) is 16.7. The van der Waals surface area contributed by atoms with Gasteiger partial charge in [-0.2, -0.15) is 0 Å². The molecule has 2 amide bonds. The SMILES string of the molecule is CC(C)(CNC(=O)C(c1ccccc1)N1CCCCC1=O)c1ccc(Cl)cc1. The van der Waals surface area contributed by atoms with E-state index in [0.717, 1.165) is 24.0 Å². The fourth-order valence-electron chi connectivity index (χ4n) is 3.62. The predicted molar refractivity (Wildman–Crippen MR) is 112 cm³/mol. The van der Waals surface area contributed by atoms with Crippen LogP contribution in [-0.4, -0.2) is 29.8 Å². The van der Waals surface area contributed by atoms with Gasteiger partial charge >= 0.3 is 0 Å². The molecular weight excluding hydrogens is 372 g/mol. The molecule has 28 heavy (non-hydrogen) atoms. The molecule has 1 aliphatic heterocycles. The van der Waals surface area contributed by atoms with Crippen LogP contribution in [0.4, 0.5) is 0 Å². The average molecular weight is 399 g/mol. The Kier molecular flexibility index (Phi) is 6.40. The largest absolute Gasteiger partial charge is 0.353 e. The Bertz CT molecular complexity index is 818. The minimum absolute atomic E-state index is 0.0483. The Morgan fingerprint density at radius 3 is 2.43 bits per heavy atom. The lowest BCUT2D eigenvalue weighted by molar-refractivity contribution is -0.142. The van der Waals surface area contributed by atoms with E-state index in [0.29, 0.717) is 24.5 Å². The quantitative estimate of drug-likeness (QED) is 0.779. The third-order valence-corrected chi connectivity index (χ3v) is 5.62. The Hall–Kier alpha value is -2.33. The fourth-order valence-corrected chi connectivity index (χ4v) is 3.74. The molecule has 1 unspecified atom stereocenters. The van der Waals surface area contributed by atoms with Crippen molar-refractivity contribution in [1.29, 1.82) is 0 Å². The zero-order chi connectivity index (χ0) is 20.1. The molecule has 0 aromatic heterocycles. The number of piperidine rings is 1. The molecule has 2 aromatic rings. The van der Waals surface area contributed by atoms with Crippen LogP contribution >= 0.6 is 11.6 Å². The number of halogens is 1. The Labute approximate surface area is 171 Å². The third kappa shape index (κ3) is 4.74. The second kappa shape index (κ2) is 8.78. The van der Waals surface area contributed by atoms with Crippen LogP contribution in [0.25, 0.3) is 0 Å². The van der Waals surface area contributed by atoms with E-state index in [2.05, 4.69) is 19.2 Å². The minimum atomic E-state index is -0.588. The highest BCUT2D eigenvalue weighted by Gasteiger charge is 2.33. The van der Waals surface area contributed by atoms with Gasteiger partial charge in [0.1, 0.15) is 6.04 Å². The van der Waals surface area contributed by atoms with Crippen molar-refractivity contribution in [2.45, 2.75) is 44.6 Å². The van der Waals surface area contributed by atoms with Crippen molar-refractivity contribution < 1.29 is 9.59 Å². The molecule has 0 spiro atoms. The van der Waals surface area contributed by atoms with Crippen molar-refractivity contribution in [2.75, 3.05) is 13.1 Å². The molecule has 0 saturated carbocycles. The second-order valence-corrected chi connectivity index (χ2v) is 8.40. The molecule has 1 atom stereocenters. The summed E-state index contributed by atoms with van der Waals surface area (Å²) < 4.78 is 0. The number of hydrogen-bond donors (Lipinski definition) is 1. The van der Waals surface area contributed by atoms with E-state index in [4.69, 9.17) is 11.6 Å². The lowest BCUT2D eigenvalue weighted by Crippen LogP contribution is -2.47. The second-order valence-electron chi connectivity index (χ2n) is 7.97. The molecule has 0 aliphatic carbocycles. The van der Waals surface area contributed by atoms with Crippen molar-refractivity contribution >= 4 is 23.4 Å². The van der Waals surface area contributed by atoms with Gasteiger partial charge in [-0.15, -0.1) is 0 Å². The summed E-state index contributed by atoms with van der Waals surface area (Å²) in [6.45, 7) is 5.26. The van der Waals surface area contributed by atoms with Gasteiger partial charge in [-0.05, 0) is 36.1 Å². The van der Waals surface area contributed by atoms with Gasteiger partial charge in [0.2, 0.25) is 11.8 Å². The molecule has 3 rings (SSSR count). The van der Waals surface area contributed by atoms with Crippen molar-refractivity contribution in [3.05, 3.63) is 70.7 Å². The summed E-state index contributed by atoms with van der Waals surface area (Å²) >= 11 is 5.99. The molecule has 0 bridgehead atoms. The Morgan fingerprint density at radius 1 is 1.11 bits per heavy atom. The maximum absolute atomic E-state index is 13.2. The van der Waals surface area contributed by atoms with Crippen LogP contribution in [0, 0.1) is 0 Å². The Morgan fingerprint density at radius 2 is 1.79 bits per heavy atom. The van der Waals surface area contributed by atoms with E-state index < -0.39 is 6.04 Å². The van der Waals surface area contributed by atoms with Gasteiger partial charge in [0.05, 0.1) is 0 Å². The molecular formula is C23H27ClN2O2. The fraction of sp³-hybridized carbons (Fsp3) is 0.391. The van der Waals surface area contributed by atoms with Gasteiger partial charge in [0.25, 0.3) is 0 Å². The molecule has 4 nitrogen and oxygen atoms in total. The number of amides is 2. The maximum atomic E-state index is 13.2. The number of hydrogen-bond acceptors (Lipinski definition) is 2. The zero-order valence-electron chi connectivity index (χ0n) is 16.5. The van der Waals surface area contributed by atoms with Gasteiger partial charge < -0.3 is 10.2 Å². The van der Waals surface area contributed by atoms with E-state index in [9.17, 15) is 9.59 Å². The number of nitrogens with one attached hydrogen (secondary N) is 1. The number of rotatable bonds is 6. The van der Waals surface area contributed by atoms with Crippen LogP contribution in [0.2, 0.25) is 5.02 Å². The zero-order valence-corrected chi connectivity index (χ0v) is 17.2. The van der Waals surface area contributed by atoms with Crippen LogP contribution < -0.4 is 5.32 Å². The topological polar surface area (TPSA) is 49.4 Å². The first-order chi connectivity index (χ1) is 13.4. The summed E-state index contributed by atoms with van der Waals surface area (Å²) in [5, 5.41) is 3.78. The highest BCUT2D eigenvalue weighted by molar-refractivity contribution is 6.30. The molecule has 1 N–H and O–H groups in total. The van der Waals surface area contributed by atoms with Crippen LogP contribution in [-0.2, 0) is 15.0 Å². The molecule has 5 heteroatoms. The summed E-state index contributed by atoms with van der Waals surface area (Å²) in [5.41, 5.74) is 1.69. The molecule has 1 fully saturated rings. The normalized spacial score (nSPS) is 16.0. The smallest absolute Gasteiger partial charge is 0.247 e. The summed E-state index contributed by atoms with van der Waals surface area (Å²) in [7, 11) is 0. The molecule has 2 aromatic carbocycles. The summed E-state index contributed by atoms with van der Waals surface area (Å²) in [6.07, 6.45) is 2.33. The first-order valence-electron chi connectivity index (χ1n) is 9.77. The number of carbonyl (C=O) groups excluding carboxylic acids is 2. The van der Waals surface area contributed by atoms with Crippen molar-refractivity contribution in [3.8, 4) is 0 Å². The van der Waals surface area contributed by atoms with Crippen molar-refractivity contribution in [2.24, 2.45) is 0 Å². The van der Waals surface area contributed by atoms with Gasteiger partial charge in [-0.25, -0.2) is 0 Å². The lowest BCUT2D eigenvalue weighted by Gasteiger charge is -2.35. The number of likely N-dealkylation sites (tertiary alicyclic amines) is 1. The van der Waals surface area contributed by atoms with E-state index >= 15 is 0 Å². The highest BCUT2D eigenvalue weighted by Crippen LogP contribution is 2.27. The highest BCUT2D eigenvalue weighted by atomic mass is 35.5. The predicted octanol–water partition coefficient (Wildman–Crippen LogP) is 4.49. The summed E-state index contributed by atoms with van der Waals surface area (Å²) in [5.74, 6) is -0.0873. The van der Waals surface area contributed by atoms with Crippen LogP contribution in [0.5, 0.6) is 0 Å². The Balaban J connectivity index is 1.77. The third-order valence-electron chi connectivity index (χ3n) is 5.37. The van der Waals surface area contributed by atoms with Gasteiger partial charge in [0.15, 0.2) is 0 Å². The van der Waals surface area contributed by atoms with Gasteiger partial charge in [-0.3, -0.25) is 9.59 Å². The monoisotopic (exact) mass is 398 g/mol. The van der Waals surface area contributed by atoms with Gasteiger partial charge in [-0.1, -0.05) is 67.9 Å².